The van der Waals surface area contributed by atoms with Crippen LogP contribution in [0.1, 0.15) is 54.4 Å². The second-order valence-corrected chi connectivity index (χ2v) is 13.5. The number of aromatic nitrogens is 1. The number of hydrogen-bond acceptors (Lipinski definition) is 6. The van der Waals surface area contributed by atoms with Gasteiger partial charge < -0.3 is 15.5 Å². The molecule has 3 aromatic carbocycles. The zero-order valence-electron chi connectivity index (χ0n) is 25.9. The number of carbonyl (C=O) groups excluding carboxylic acids is 2. The van der Waals surface area contributed by atoms with Gasteiger partial charge >= 0.3 is 6.03 Å². The molecule has 1 aliphatic rings. The molecule has 0 spiro atoms. The third kappa shape index (κ3) is 5.74. The van der Waals surface area contributed by atoms with Gasteiger partial charge in [-0.25, -0.2) is 17.5 Å². The van der Waals surface area contributed by atoms with Crippen molar-refractivity contribution in [2.24, 2.45) is 5.73 Å². The summed E-state index contributed by atoms with van der Waals surface area (Å²) in [5.74, 6) is 0.00318. The van der Waals surface area contributed by atoms with Crippen LogP contribution in [0, 0.1) is 20.8 Å². The smallest absolute Gasteiger partial charge is 0.341 e. The van der Waals surface area contributed by atoms with Crippen molar-refractivity contribution in [1.82, 2.24) is 14.2 Å². The Kier molecular flexibility index (Phi) is 8.90. The lowest BCUT2D eigenvalue weighted by Gasteiger charge is -2.26. The van der Waals surface area contributed by atoms with E-state index < -0.39 is 33.9 Å². The Morgan fingerprint density at radius 3 is 2.45 bits per heavy atom. The lowest BCUT2D eigenvalue weighted by molar-refractivity contribution is -0.128. The minimum Gasteiger partial charge on any atom is -0.457 e. The predicted octanol–water partition coefficient (Wildman–Crippen LogP) is 4.40. The zero-order chi connectivity index (χ0) is 31.8. The number of sulfonamides is 1. The molecule has 4 aromatic rings. The van der Waals surface area contributed by atoms with Crippen LogP contribution >= 0.6 is 0 Å². The standard InChI is InChI=1S/C33H39BN4O5S/c1-20-11-12-24(18-28(20)34)43-29-14-13-25(17-22(29)3)44(41,42)38-31(32(39)37(33(38)40)16-7-5-6-15-35)23(4)27-19-36-30-21(2)9-8-10-26(27)30/h8-14,17-19,23,31,36H,5-7,15-16,34-35H2,1-4H3. The summed E-state index contributed by atoms with van der Waals surface area (Å²) < 4.78 is 35.4. The van der Waals surface area contributed by atoms with Crippen molar-refractivity contribution in [3.05, 3.63) is 83.0 Å². The maximum Gasteiger partial charge on any atom is 0.341 e. The fourth-order valence-electron chi connectivity index (χ4n) is 5.85. The molecule has 5 rings (SSSR count). The molecular weight excluding hydrogens is 575 g/mol. The summed E-state index contributed by atoms with van der Waals surface area (Å²) >= 11 is 0. The van der Waals surface area contributed by atoms with Crippen molar-refractivity contribution in [1.29, 1.82) is 0 Å². The Balaban J connectivity index is 1.51. The number of imide groups is 1. The number of aryl methyl sites for hydroxylation is 3. The monoisotopic (exact) mass is 614 g/mol. The van der Waals surface area contributed by atoms with E-state index in [1.54, 1.807) is 26.1 Å². The average Bonchev–Trinajstić information content (AvgIpc) is 3.53. The highest BCUT2D eigenvalue weighted by molar-refractivity contribution is 7.89. The molecule has 0 aliphatic carbocycles. The molecule has 230 valence electrons. The maximum atomic E-state index is 14.3. The highest BCUT2D eigenvalue weighted by atomic mass is 32.2. The number of H-pyrrole nitrogens is 1. The Labute approximate surface area is 259 Å². The number of nitrogens with zero attached hydrogens (tertiary/aromatic N) is 2. The number of benzene rings is 3. The highest BCUT2D eigenvalue weighted by Gasteiger charge is 2.53. The van der Waals surface area contributed by atoms with Gasteiger partial charge in [0.2, 0.25) is 0 Å². The molecule has 0 bridgehead atoms. The van der Waals surface area contributed by atoms with Gasteiger partial charge in [-0.15, -0.1) is 0 Å². The molecule has 1 aromatic heterocycles. The summed E-state index contributed by atoms with van der Waals surface area (Å²) in [5, 5.41) is 0.889. The van der Waals surface area contributed by atoms with E-state index in [1.807, 2.05) is 58.1 Å². The largest absolute Gasteiger partial charge is 0.457 e. The third-order valence-electron chi connectivity index (χ3n) is 8.61. The molecule has 2 heterocycles. The summed E-state index contributed by atoms with van der Waals surface area (Å²) in [6.07, 6.45) is 3.82. The molecule has 44 heavy (non-hydrogen) atoms. The van der Waals surface area contributed by atoms with Crippen LogP contribution in [0.15, 0.2) is 65.7 Å². The molecular formula is C33H39BN4O5S. The first kappa shape index (κ1) is 31.3. The van der Waals surface area contributed by atoms with Crippen LogP contribution in [0.4, 0.5) is 4.79 Å². The Hall–Kier alpha value is -4.09. The van der Waals surface area contributed by atoms with E-state index in [0.717, 1.165) is 55.1 Å². The first-order chi connectivity index (χ1) is 20.9. The molecule has 1 saturated heterocycles. The number of unbranched alkanes of at least 4 members (excludes halogenated alkanes) is 2. The number of amides is 3. The number of nitrogens with one attached hydrogen (secondary N) is 1. The van der Waals surface area contributed by atoms with Gasteiger partial charge in [-0.1, -0.05) is 48.6 Å². The fraction of sp³-hybridized carbons (Fsp3) is 0.333. The maximum absolute atomic E-state index is 14.3. The van der Waals surface area contributed by atoms with Crippen LogP contribution < -0.4 is 15.9 Å². The molecule has 2 atom stereocenters. The van der Waals surface area contributed by atoms with Crippen LogP contribution in [0.3, 0.4) is 0 Å². The minimum absolute atomic E-state index is 0.0828. The van der Waals surface area contributed by atoms with Crippen LogP contribution in [0.25, 0.3) is 10.9 Å². The topological polar surface area (TPSA) is 126 Å². The third-order valence-corrected chi connectivity index (χ3v) is 10.4. The minimum atomic E-state index is -4.42. The Morgan fingerprint density at radius 2 is 1.75 bits per heavy atom. The van der Waals surface area contributed by atoms with Gasteiger partial charge in [0.25, 0.3) is 15.9 Å². The summed E-state index contributed by atoms with van der Waals surface area (Å²) in [7, 11) is -2.43. The summed E-state index contributed by atoms with van der Waals surface area (Å²) in [6.45, 7) is 8.18. The number of urea groups is 1. The van der Waals surface area contributed by atoms with Gasteiger partial charge in [0.15, 0.2) is 0 Å². The normalized spacial score (nSPS) is 16.2. The average molecular weight is 615 g/mol. The molecule has 2 unspecified atom stereocenters. The van der Waals surface area contributed by atoms with E-state index in [0.29, 0.717) is 30.0 Å². The van der Waals surface area contributed by atoms with E-state index in [4.69, 9.17) is 10.5 Å². The number of rotatable bonds is 11. The molecule has 9 nitrogen and oxygen atoms in total. The summed E-state index contributed by atoms with van der Waals surface area (Å²) in [5.41, 5.74) is 11.1. The highest BCUT2D eigenvalue weighted by Crippen LogP contribution is 2.38. The van der Waals surface area contributed by atoms with Crippen LogP contribution in [-0.2, 0) is 14.8 Å². The summed E-state index contributed by atoms with van der Waals surface area (Å²) in [6, 6.07) is 14.0. The molecule has 1 fully saturated rings. The molecule has 3 amide bonds. The molecule has 3 N–H and O–H groups in total. The Morgan fingerprint density at radius 1 is 0.977 bits per heavy atom. The van der Waals surface area contributed by atoms with Gasteiger partial charge in [-0.3, -0.25) is 9.69 Å². The molecule has 1 aliphatic heterocycles. The van der Waals surface area contributed by atoms with E-state index in [2.05, 4.69) is 4.98 Å². The van der Waals surface area contributed by atoms with Crippen LogP contribution in [0.5, 0.6) is 11.5 Å². The van der Waals surface area contributed by atoms with Crippen molar-refractivity contribution < 1.29 is 22.7 Å². The van der Waals surface area contributed by atoms with Crippen molar-refractivity contribution in [3.8, 4) is 11.5 Å². The lowest BCUT2D eigenvalue weighted by atomic mass is 9.91. The van der Waals surface area contributed by atoms with Gasteiger partial charge in [-0.2, -0.15) is 0 Å². The number of ether oxygens (including phenoxy) is 1. The molecule has 0 radical (unpaired) electrons. The number of carbonyl (C=O) groups is 2. The number of aromatic amines is 1. The first-order valence-corrected chi connectivity index (χ1v) is 16.4. The Bertz CT molecular complexity index is 1840. The van der Waals surface area contributed by atoms with E-state index in [-0.39, 0.29) is 11.4 Å². The van der Waals surface area contributed by atoms with E-state index in [1.165, 1.54) is 12.1 Å². The van der Waals surface area contributed by atoms with E-state index >= 15 is 0 Å². The van der Waals surface area contributed by atoms with Crippen LogP contribution in [0.2, 0.25) is 0 Å². The first-order valence-electron chi connectivity index (χ1n) is 15.0. The van der Waals surface area contributed by atoms with Crippen molar-refractivity contribution in [3.63, 3.8) is 0 Å². The van der Waals surface area contributed by atoms with Crippen molar-refractivity contribution in [2.45, 2.75) is 63.8 Å². The van der Waals surface area contributed by atoms with Gasteiger partial charge in [0, 0.05) is 29.6 Å². The second-order valence-electron chi connectivity index (χ2n) is 11.7. The number of para-hydroxylation sites is 1. The lowest BCUT2D eigenvalue weighted by Crippen LogP contribution is -2.43. The number of fused-ring (bicyclic) bond motifs is 1. The fourth-order valence-corrected chi connectivity index (χ4v) is 7.52. The zero-order valence-corrected chi connectivity index (χ0v) is 26.7. The molecule has 0 saturated carbocycles. The van der Waals surface area contributed by atoms with Gasteiger partial charge in [0.1, 0.15) is 25.4 Å². The van der Waals surface area contributed by atoms with Gasteiger partial charge in [0.05, 0.1) is 4.90 Å². The van der Waals surface area contributed by atoms with E-state index in [9.17, 15) is 18.0 Å². The van der Waals surface area contributed by atoms with Crippen LogP contribution in [-0.4, -0.2) is 61.5 Å². The SMILES string of the molecule is Bc1cc(Oc2ccc(S(=O)(=O)N3C(=O)N(CCCCCN)C(=O)C3C(C)c3c[nH]c4c(C)cccc34)cc2C)ccc1C. The molecule has 11 heteroatoms. The number of hydrogen-bond donors (Lipinski definition) is 2. The predicted molar refractivity (Wildman–Crippen MR) is 175 cm³/mol. The quantitative estimate of drug-likeness (QED) is 0.147. The van der Waals surface area contributed by atoms with Crippen molar-refractivity contribution in [2.75, 3.05) is 13.1 Å². The summed E-state index contributed by atoms with van der Waals surface area (Å²) in [4.78, 5) is 32.0. The number of nitrogens with two attached hydrogens (primary N) is 1. The van der Waals surface area contributed by atoms with Gasteiger partial charge in [-0.05, 0) is 87.2 Å². The van der Waals surface area contributed by atoms with Crippen molar-refractivity contribution >= 4 is 46.2 Å². The second kappa shape index (κ2) is 12.5.